The van der Waals surface area contributed by atoms with Crippen molar-refractivity contribution in [2.24, 2.45) is 0 Å². The van der Waals surface area contributed by atoms with Crippen LogP contribution in [0.4, 0.5) is 8.78 Å². The third-order valence-electron chi connectivity index (χ3n) is 2.66. The van der Waals surface area contributed by atoms with E-state index in [1.807, 2.05) is 6.92 Å². The Kier molecular flexibility index (Phi) is 7.57. The second-order valence-corrected chi connectivity index (χ2v) is 4.23. The molecule has 0 aromatic heterocycles. The first kappa shape index (κ1) is 16.4. The lowest BCUT2D eigenvalue weighted by Gasteiger charge is -2.07. The summed E-state index contributed by atoms with van der Waals surface area (Å²) < 4.78 is 28.2. The van der Waals surface area contributed by atoms with Crippen molar-refractivity contribution in [3.05, 3.63) is 29.8 Å². The number of alkyl halides is 2. The lowest BCUT2D eigenvalue weighted by atomic mass is 10.1. The quantitative estimate of drug-likeness (QED) is 0.682. The van der Waals surface area contributed by atoms with Crippen LogP contribution in [-0.4, -0.2) is 32.2 Å². The molecular weight excluding hydrogens is 266 g/mol. The molecule has 0 unspecified atom stereocenters. The van der Waals surface area contributed by atoms with Gasteiger partial charge in [-0.3, -0.25) is 4.79 Å². The average Bonchev–Trinajstić information content (AvgIpc) is 2.40. The van der Waals surface area contributed by atoms with E-state index in [0.717, 1.165) is 12.1 Å². The minimum absolute atomic E-state index is 0.00334. The summed E-state index contributed by atoms with van der Waals surface area (Å²) in [6.45, 7) is 1.22. The minimum Gasteiger partial charge on any atom is -0.435 e. The highest BCUT2D eigenvalue weighted by atomic mass is 19.3. The van der Waals surface area contributed by atoms with Crippen LogP contribution >= 0.6 is 0 Å². The Morgan fingerprint density at radius 3 is 2.55 bits per heavy atom. The van der Waals surface area contributed by atoms with Crippen LogP contribution < -0.4 is 15.4 Å². The minimum atomic E-state index is -2.81. The molecule has 1 amide bonds. The molecular formula is C14H20F2N2O2. The van der Waals surface area contributed by atoms with Crippen molar-refractivity contribution in [1.29, 1.82) is 0 Å². The van der Waals surface area contributed by atoms with Gasteiger partial charge >= 0.3 is 6.61 Å². The van der Waals surface area contributed by atoms with Crippen molar-refractivity contribution < 1.29 is 18.3 Å². The number of benzene rings is 1. The Balaban J connectivity index is 2.23. The molecule has 1 rings (SSSR count). The number of nitrogens with one attached hydrogen (secondary N) is 2. The van der Waals surface area contributed by atoms with Gasteiger partial charge < -0.3 is 15.4 Å². The molecule has 0 fully saturated rings. The summed E-state index contributed by atoms with van der Waals surface area (Å²) in [7, 11) is 0. The first-order valence-corrected chi connectivity index (χ1v) is 6.63. The van der Waals surface area contributed by atoms with Crippen molar-refractivity contribution in [3.8, 4) is 5.75 Å². The predicted octanol–water partition coefficient (Wildman–Crippen LogP) is 1.95. The van der Waals surface area contributed by atoms with E-state index in [4.69, 9.17) is 0 Å². The Morgan fingerprint density at radius 1 is 1.25 bits per heavy atom. The second-order valence-electron chi connectivity index (χ2n) is 4.23. The van der Waals surface area contributed by atoms with E-state index >= 15 is 0 Å². The molecule has 2 N–H and O–H groups in total. The van der Waals surface area contributed by atoms with Crippen LogP contribution in [-0.2, 0) is 11.2 Å². The monoisotopic (exact) mass is 286 g/mol. The van der Waals surface area contributed by atoms with Gasteiger partial charge in [-0.2, -0.15) is 8.78 Å². The molecule has 0 aliphatic carbocycles. The normalized spacial score (nSPS) is 10.6. The number of hydrogen-bond acceptors (Lipinski definition) is 3. The van der Waals surface area contributed by atoms with Crippen LogP contribution in [0.1, 0.15) is 18.9 Å². The highest BCUT2D eigenvalue weighted by Crippen LogP contribution is 2.14. The van der Waals surface area contributed by atoms with Crippen LogP contribution in [0.5, 0.6) is 5.75 Å². The molecule has 4 nitrogen and oxygen atoms in total. The molecule has 0 atom stereocenters. The van der Waals surface area contributed by atoms with Crippen LogP contribution in [0.3, 0.4) is 0 Å². The largest absolute Gasteiger partial charge is 0.435 e. The third kappa shape index (κ3) is 7.04. The molecule has 0 spiro atoms. The zero-order chi connectivity index (χ0) is 14.8. The van der Waals surface area contributed by atoms with Crippen LogP contribution in [0.15, 0.2) is 24.3 Å². The maximum Gasteiger partial charge on any atom is 0.387 e. The molecule has 6 heteroatoms. The van der Waals surface area contributed by atoms with E-state index in [9.17, 15) is 13.6 Å². The fraction of sp³-hybridized carbons (Fsp3) is 0.500. The number of ether oxygens (including phenoxy) is 1. The van der Waals surface area contributed by atoms with E-state index in [-0.39, 0.29) is 11.7 Å². The highest BCUT2D eigenvalue weighted by Gasteiger charge is 2.04. The molecule has 1 aromatic rings. The molecule has 0 aliphatic heterocycles. The molecule has 0 saturated carbocycles. The Labute approximate surface area is 117 Å². The van der Waals surface area contributed by atoms with Gasteiger partial charge in [0.25, 0.3) is 0 Å². The van der Waals surface area contributed by atoms with Gasteiger partial charge in [-0.25, -0.2) is 0 Å². The van der Waals surface area contributed by atoms with E-state index in [1.54, 1.807) is 12.1 Å². The van der Waals surface area contributed by atoms with E-state index < -0.39 is 6.61 Å². The van der Waals surface area contributed by atoms with Gasteiger partial charge in [0.15, 0.2) is 0 Å². The van der Waals surface area contributed by atoms with Gasteiger partial charge in [0.2, 0.25) is 5.91 Å². The molecule has 0 aliphatic rings. The zero-order valence-electron chi connectivity index (χ0n) is 11.5. The van der Waals surface area contributed by atoms with Gasteiger partial charge in [0.05, 0.1) is 0 Å². The second kappa shape index (κ2) is 9.25. The maximum atomic E-state index is 12.0. The lowest BCUT2D eigenvalue weighted by Crippen LogP contribution is -2.29. The SMILES string of the molecule is CCNCCC(=O)NCCc1ccc(OC(F)F)cc1. The van der Waals surface area contributed by atoms with Gasteiger partial charge in [-0.05, 0) is 30.7 Å². The van der Waals surface area contributed by atoms with Crippen molar-refractivity contribution in [2.45, 2.75) is 26.4 Å². The topological polar surface area (TPSA) is 50.4 Å². The fourth-order valence-corrected chi connectivity index (χ4v) is 1.65. The van der Waals surface area contributed by atoms with Gasteiger partial charge in [0, 0.05) is 19.5 Å². The molecule has 0 radical (unpaired) electrons. The molecule has 1 aromatic carbocycles. The van der Waals surface area contributed by atoms with Crippen molar-refractivity contribution >= 4 is 5.91 Å². The summed E-state index contributed by atoms with van der Waals surface area (Å²) in [5.41, 5.74) is 0.957. The number of hydrogen-bond donors (Lipinski definition) is 2. The number of amides is 1. The predicted molar refractivity (Wildman–Crippen MR) is 72.9 cm³/mol. The third-order valence-corrected chi connectivity index (χ3v) is 2.66. The standard InChI is InChI=1S/C14H20F2N2O2/c1-2-17-9-8-13(19)18-10-7-11-3-5-12(6-4-11)20-14(15)16/h3-6,14,17H,2,7-10H2,1H3,(H,18,19). The Hall–Kier alpha value is -1.69. The van der Waals surface area contributed by atoms with Crippen molar-refractivity contribution in [2.75, 3.05) is 19.6 Å². The van der Waals surface area contributed by atoms with Gasteiger partial charge in [-0.1, -0.05) is 19.1 Å². The fourth-order valence-electron chi connectivity index (χ4n) is 1.65. The van der Waals surface area contributed by atoms with Crippen LogP contribution in [0, 0.1) is 0 Å². The summed E-state index contributed by atoms with van der Waals surface area (Å²) >= 11 is 0. The molecule has 0 bridgehead atoms. The van der Waals surface area contributed by atoms with E-state index in [1.165, 1.54) is 12.1 Å². The number of carbonyl (C=O) groups is 1. The smallest absolute Gasteiger partial charge is 0.387 e. The Bertz CT molecular complexity index is 397. The Morgan fingerprint density at radius 2 is 1.95 bits per heavy atom. The van der Waals surface area contributed by atoms with Crippen LogP contribution in [0.25, 0.3) is 0 Å². The summed E-state index contributed by atoms with van der Waals surface area (Å²) in [4.78, 5) is 11.4. The van der Waals surface area contributed by atoms with Crippen LogP contribution in [0.2, 0.25) is 0 Å². The molecule has 112 valence electrons. The first-order valence-electron chi connectivity index (χ1n) is 6.63. The lowest BCUT2D eigenvalue weighted by molar-refractivity contribution is -0.120. The summed E-state index contributed by atoms with van der Waals surface area (Å²) in [5, 5.41) is 5.88. The first-order chi connectivity index (χ1) is 9.61. The summed E-state index contributed by atoms with van der Waals surface area (Å²) in [6.07, 6.45) is 1.11. The zero-order valence-corrected chi connectivity index (χ0v) is 11.5. The molecule has 0 saturated heterocycles. The van der Waals surface area contributed by atoms with E-state index in [0.29, 0.717) is 25.9 Å². The average molecular weight is 286 g/mol. The van der Waals surface area contributed by atoms with Gasteiger partial charge in [-0.15, -0.1) is 0 Å². The van der Waals surface area contributed by atoms with E-state index in [2.05, 4.69) is 15.4 Å². The highest BCUT2D eigenvalue weighted by molar-refractivity contribution is 5.76. The summed E-state index contributed by atoms with van der Waals surface area (Å²) in [5.74, 6) is 0.141. The summed E-state index contributed by atoms with van der Waals surface area (Å²) in [6, 6.07) is 6.41. The number of rotatable bonds is 9. The maximum absolute atomic E-state index is 12.0. The van der Waals surface area contributed by atoms with Crippen molar-refractivity contribution in [1.82, 2.24) is 10.6 Å². The van der Waals surface area contributed by atoms with Gasteiger partial charge in [0.1, 0.15) is 5.75 Å². The van der Waals surface area contributed by atoms with Crippen molar-refractivity contribution in [3.63, 3.8) is 0 Å². The number of carbonyl (C=O) groups excluding carboxylic acids is 1. The number of halogens is 2. The molecule has 0 heterocycles. The molecule has 20 heavy (non-hydrogen) atoms.